The third kappa shape index (κ3) is 3.23. The average Bonchev–Trinajstić information content (AvgIpc) is 2.60. The van der Waals surface area contributed by atoms with Crippen LogP contribution in [0.5, 0.6) is 11.5 Å². The fraction of sp³-hybridized carbons (Fsp3) is 0.278. The smallest absolute Gasteiger partial charge is 0.255 e. The van der Waals surface area contributed by atoms with Gasteiger partial charge in [0.05, 0.1) is 14.2 Å². The molecule has 0 aromatic heterocycles. The SMILES string of the molecule is COc1ccc(C(=O)Nc2ccc3c(c2)CCCN3)cc1OC. The van der Waals surface area contributed by atoms with Gasteiger partial charge in [-0.25, -0.2) is 0 Å². The van der Waals surface area contributed by atoms with Crippen molar-refractivity contribution in [3.8, 4) is 11.5 Å². The molecule has 0 bridgehead atoms. The van der Waals surface area contributed by atoms with Gasteiger partial charge in [-0.3, -0.25) is 4.79 Å². The first-order chi connectivity index (χ1) is 11.2. The van der Waals surface area contributed by atoms with Crippen molar-refractivity contribution in [2.45, 2.75) is 12.8 Å². The number of carbonyl (C=O) groups is 1. The van der Waals surface area contributed by atoms with Crippen LogP contribution < -0.4 is 20.1 Å². The predicted octanol–water partition coefficient (Wildman–Crippen LogP) is 3.31. The number of benzene rings is 2. The highest BCUT2D eigenvalue weighted by Gasteiger charge is 2.13. The number of aryl methyl sites for hydroxylation is 1. The minimum atomic E-state index is -0.172. The standard InChI is InChI=1S/C18H20N2O3/c1-22-16-8-5-13(11-17(16)23-2)18(21)20-14-6-7-15-12(10-14)4-3-9-19-15/h5-8,10-11,19H,3-4,9H2,1-2H3,(H,20,21). The summed E-state index contributed by atoms with van der Waals surface area (Å²) in [6.07, 6.45) is 2.14. The van der Waals surface area contributed by atoms with E-state index in [0.717, 1.165) is 30.8 Å². The molecule has 2 aromatic carbocycles. The third-order valence-corrected chi connectivity index (χ3v) is 3.95. The van der Waals surface area contributed by atoms with Crippen molar-refractivity contribution in [3.05, 3.63) is 47.5 Å². The molecule has 0 aliphatic carbocycles. The van der Waals surface area contributed by atoms with Crippen molar-refractivity contribution in [2.75, 3.05) is 31.4 Å². The van der Waals surface area contributed by atoms with E-state index >= 15 is 0 Å². The van der Waals surface area contributed by atoms with Crippen LogP contribution >= 0.6 is 0 Å². The Balaban J connectivity index is 1.79. The normalized spacial score (nSPS) is 12.8. The second-order valence-corrected chi connectivity index (χ2v) is 5.43. The van der Waals surface area contributed by atoms with Crippen LogP contribution in [0.4, 0.5) is 11.4 Å². The summed E-state index contributed by atoms with van der Waals surface area (Å²) in [7, 11) is 3.12. The summed E-state index contributed by atoms with van der Waals surface area (Å²) < 4.78 is 10.4. The van der Waals surface area contributed by atoms with E-state index in [1.165, 1.54) is 5.56 Å². The number of nitrogens with one attached hydrogen (secondary N) is 2. The molecule has 3 rings (SSSR count). The molecule has 1 aliphatic rings. The highest BCUT2D eigenvalue weighted by atomic mass is 16.5. The van der Waals surface area contributed by atoms with Gasteiger partial charge in [0, 0.05) is 23.5 Å². The van der Waals surface area contributed by atoms with Crippen LogP contribution in [0.3, 0.4) is 0 Å². The Bertz CT molecular complexity index is 728. The van der Waals surface area contributed by atoms with Crippen LogP contribution in [0, 0.1) is 0 Å². The zero-order valence-electron chi connectivity index (χ0n) is 13.3. The Hall–Kier alpha value is -2.69. The predicted molar refractivity (Wildman–Crippen MR) is 90.8 cm³/mol. The molecule has 0 atom stereocenters. The van der Waals surface area contributed by atoms with Gasteiger partial charge in [0.1, 0.15) is 0 Å². The molecule has 23 heavy (non-hydrogen) atoms. The molecular formula is C18H20N2O3. The first kappa shape index (κ1) is 15.2. The van der Waals surface area contributed by atoms with Gasteiger partial charge in [-0.2, -0.15) is 0 Å². The van der Waals surface area contributed by atoms with Crippen LogP contribution in [0.25, 0.3) is 0 Å². The van der Waals surface area contributed by atoms with Gasteiger partial charge in [-0.1, -0.05) is 0 Å². The van der Waals surface area contributed by atoms with Crippen molar-refractivity contribution in [1.82, 2.24) is 0 Å². The molecule has 5 nitrogen and oxygen atoms in total. The van der Waals surface area contributed by atoms with Gasteiger partial charge in [0.15, 0.2) is 11.5 Å². The number of carbonyl (C=O) groups excluding carboxylic acids is 1. The Morgan fingerprint density at radius 2 is 1.91 bits per heavy atom. The molecule has 0 spiro atoms. The van der Waals surface area contributed by atoms with Crippen molar-refractivity contribution in [3.63, 3.8) is 0 Å². The number of hydrogen-bond acceptors (Lipinski definition) is 4. The first-order valence-corrected chi connectivity index (χ1v) is 7.61. The van der Waals surface area contributed by atoms with Gasteiger partial charge in [-0.05, 0) is 54.8 Å². The van der Waals surface area contributed by atoms with E-state index in [4.69, 9.17) is 9.47 Å². The molecular weight excluding hydrogens is 292 g/mol. The van der Waals surface area contributed by atoms with Crippen molar-refractivity contribution >= 4 is 17.3 Å². The number of rotatable bonds is 4. The maximum Gasteiger partial charge on any atom is 0.255 e. The topological polar surface area (TPSA) is 59.6 Å². The quantitative estimate of drug-likeness (QED) is 0.909. The molecule has 5 heteroatoms. The minimum Gasteiger partial charge on any atom is -0.493 e. The summed E-state index contributed by atoms with van der Waals surface area (Å²) in [6.45, 7) is 1.00. The van der Waals surface area contributed by atoms with Crippen LogP contribution in [-0.4, -0.2) is 26.7 Å². The maximum absolute atomic E-state index is 12.4. The lowest BCUT2D eigenvalue weighted by Crippen LogP contribution is -2.14. The summed E-state index contributed by atoms with van der Waals surface area (Å²) in [4.78, 5) is 12.4. The lowest BCUT2D eigenvalue weighted by molar-refractivity contribution is 0.102. The maximum atomic E-state index is 12.4. The molecule has 1 heterocycles. The molecule has 0 radical (unpaired) electrons. The number of amides is 1. The van der Waals surface area contributed by atoms with Crippen molar-refractivity contribution in [1.29, 1.82) is 0 Å². The molecule has 1 aliphatic heterocycles. The van der Waals surface area contributed by atoms with E-state index < -0.39 is 0 Å². The fourth-order valence-corrected chi connectivity index (χ4v) is 2.73. The Labute approximate surface area is 135 Å². The van der Waals surface area contributed by atoms with Gasteiger partial charge >= 0.3 is 0 Å². The lowest BCUT2D eigenvalue weighted by atomic mass is 10.0. The second-order valence-electron chi connectivity index (χ2n) is 5.43. The summed E-state index contributed by atoms with van der Waals surface area (Å²) in [6, 6.07) is 11.1. The number of methoxy groups -OCH3 is 2. The highest BCUT2D eigenvalue weighted by Crippen LogP contribution is 2.29. The molecule has 0 unspecified atom stereocenters. The summed E-state index contributed by atoms with van der Waals surface area (Å²) in [5, 5.41) is 6.29. The van der Waals surface area contributed by atoms with Crippen LogP contribution in [-0.2, 0) is 6.42 Å². The van der Waals surface area contributed by atoms with E-state index in [2.05, 4.69) is 10.6 Å². The molecule has 2 N–H and O–H groups in total. The fourth-order valence-electron chi connectivity index (χ4n) is 2.73. The number of hydrogen-bond donors (Lipinski definition) is 2. The summed E-state index contributed by atoms with van der Waals surface area (Å²) in [5.74, 6) is 0.966. The minimum absolute atomic E-state index is 0.172. The van der Waals surface area contributed by atoms with Gasteiger partial charge in [0.2, 0.25) is 0 Å². The lowest BCUT2D eigenvalue weighted by Gasteiger charge is -2.19. The monoisotopic (exact) mass is 312 g/mol. The average molecular weight is 312 g/mol. The molecule has 2 aromatic rings. The number of ether oxygens (including phenoxy) is 2. The zero-order chi connectivity index (χ0) is 16.2. The molecule has 0 saturated heterocycles. The molecule has 0 fully saturated rings. The van der Waals surface area contributed by atoms with E-state index in [9.17, 15) is 4.79 Å². The van der Waals surface area contributed by atoms with Gasteiger partial charge < -0.3 is 20.1 Å². The zero-order valence-corrected chi connectivity index (χ0v) is 13.3. The van der Waals surface area contributed by atoms with Crippen LogP contribution in [0.2, 0.25) is 0 Å². The molecule has 0 saturated carbocycles. The van der Waals surface area contributed by atoms with E-state index in [1.54, 1.807) is 32.4 Å². The highest BCUT2D eigenvalue weighted by molar-refractivity contribution is 6.04. The Morgan fingerprint density at radius 1 is 1.09 bits per heavy atom. The molecule has 1 amide bonds. The molecule has 120 valence electrons. The van der Waals surface area contributed by atoms with Crippen molar-refractivity contribution in [2.24, 2.45) is 0 Å². The van der Waals surface area contributed by atoms with Crippen LogP contribution in [0.15, 0.2) is 36.4 Å². The van der Waals surface area contributed by atoms with Gasteiger partial charge in [0.25, 0.3) is 5.91 Å². The summed E-state index contributed by atoms with van der Waals surface area (Å²) >= 11 is 0. The Morgan fingerprint density at radius 3 is 2.70 bits per heavy atom. The second kappa shape index (κ2) is 6.60. The first-order valence-electron chi connectivity index (χ1n) is 7.61. The van der Waals surface area contributed by atoms with Crippen molar-refractivity contribution < 1.29 is 14.3 Å². The van der Waals surface area contributed by atoms with Crippen LogP contribution in [0.1, 0.15) is 22.3 Å². The van der Waals surface area contributed by atoms with E-state index in [-0.39, 0.29) is 5.91 Å². The van der Waals surface area contributed by atoms with E-state index in [0.29, 0.717) is 17.1 Å². The third-order valence-electron chi connectivity index (χ3n) is 3.95. The summed E-state index contributed by atoms with van der Waals surface area (Å²) in [5.41, 5.74) is 3.72. The Kier molecular flexibility index (Phi) is 4.37. The number of fused-ring (bicyclic) bond motifs is 1. The number of anilines is 2. The van der Waals surface area contributed by atoms with E-state index in [1.807, 2.05) is 18.2 Å². The van der Waals surface area contributed by atoms with Gasteiger partial charge in [-0.15, -0.1) is 0 Å². The largest absolute Gasteiger partial charge is 0.493 e.